The molecule has 2 unspecified atom stereocenters. The number of hydrogen-bond acceptors (Lipinski definition) is 4. The number of nitrogens with one attached hydrogen (secondary N) is 2. The van der Waals surface area contributed by atoms with Crippen LogP contribution in [0, 0.1) is 0 Å². The Morgan fingerprint density at radius 1 is 1.59 bits per heavy atom. The second kappa shape index (κ2) is 5.46. The first-order valence-corrected chi connectivity index (χ1v) is 6.02. The van der Waals surface area contributed by atoms with Crippen LogP contribution in [0.4, 0.5) is 0 Å². The van der Waals surface area contributed by atoms with E-state index in [0.717, 1.165) is 6.42 Å². The van der Waals surface area contributed by atoms with Crippen LogP contribution in [0.5, 0.6) is 0 Å². The van der Waals surface area contributed by atoms with E-state index in [4.69, 9.17) is 4.74 Å². The van der Waals surface area contributed by atoms with Crippen LogP contribution in [-0.4, -0.2) is 62.1 Å². The van der Waals surface area contributed by atoms with Crippen LogP contribution in [-0.2, 0) is 14.3 Å². The van der Waals surface area contributed by atoms with Gasteiger partial charge in [0, 0.05) is 32.6 Å². The van der Waals surface area contributed by atoms with Crippen LogP contribution < -0.4 is 10.6 Å². The number of amides is 2. The first kappa shape index (κ1) is 12.3. The van der Waals surface area contributed by atoms with Crippen LogP contribution in [0.15, 0.2) is 0 Å². The summed E-state index contributed by atoms with van der Waals surface area (Å²) in [6.07, 6.45) is 1.23. The van der Waals surface area contributed by atoms with Gasteiger partial charge in [0.1, 0.15) is 6.04 Å². The molecule has 6 heteroatoms. The molecule has 0 spiro atoms. The Kier molecular flexibility index (Phi) is 3.96. The Bertz CT molecular complexity index is 302. The van der Waals surface area contributed by atoms with Crippen LogP contribution in [0.1, 0.15) is 12.8 Å². The predicted molar refractivity (Wildman–Crippen MR) is 61.4 cm³/mol. The number of likely N-dealkylation sites (N-methyl/N-ethyl adjacent to an activating group) is 1. The average Bonchev–Trinajstić information content (AvgIpc) is 2.35. The van der Waals surface area contributed by atoms with Gasteiger partial charge in [-0.3, -0.25) is 9.59 Å². The molecular weight excluding hydrogens is 222 g/mol. The number of ether oxygens (including phenoxy) is 1. The highest BCUT2D eigenvalue weighted by molar-refractivity contribution is 5.83. The minimum atomic E-state index is -0.258. The van der Waals surface area contributed by atoms with Crippen molar-refractivity contribution < 1.29 is 14.3 Å². The van der Waals surface area contributed by atoms with Gasteiger partial charge in [-0.05, 0) is 6.42 Å². The van der Waals surface area contributed by atoms with E-state index in [-0.39, 0.29) is 23.9 Å². The maximum Gasteiger partial charge on any atom is 0.239 e. The number of piperidine rings is 1. The molecule has 0 saturated carbocycles. The van der Waals surface area contributed by atoms with Gasteiger partial charge in [0.05, 0.1) is 13.2 Å². The van der Waals surface area contributed by atoms with Gasteiger partial charge in [0.25, 0.3) is 0 Å². The van der Waals surface area contributed by atoms with Gasteiger partial charge in [0.2, 0.25) is 11.8 Å². The predicted octanol–water partition coefficient (Wildman–Crippen LogP) is -1.29. The molecule has 6 nitrogen and oxygen atoms in total. The van der Waals surface area contributed by atoms with Gasteiger partial charge in [0.15, 0.2) is 0 Å². The van der Waals surface area contributed by atoms with Gasteiger partial charge in [-0.25, -0.2) is 0 Å². The zero-order valence-corrected chi connectivity index (χ0v) is 10.1. The Morgan fingerprint density at radius 2 is 2.41 bits per heavy atom. The van der Waals surface area contributed by atoms with Crippen molar-refractivity contribution in [3.63, 3.8) is 0 Å². The molecule has 2 atom stereocenters. The molecule has 0 aromatic rings. The minimum Gasteiger partial charge on any atom is -0.378 e. The smallest absolute Gasteiger partial charge is 0.239 e. The summed E-state index contributed by atoms with van der Waals surface area (Å²) in [6, 6.07) is -0.194. The number of rotatable bonds is 2. The number of hydrogen-bond donors (Lipinski definition) is 2. The van der Waals surface area contributed by atoms with Gasteiger partial charge < -0.3 is 20.3 Å². The quantitative estimate of drug-likeness (QED) is 0.631. The van der Waals surface area contributed by atoms with E-state index >= 15 is 0 Å². The zero-order valence-electron chi connectivity index (χ0n) is 10.1. The molecule has 2 saturated heterocycles. The highest BCUT2D eigenvalue weighted by atomic mass is 16.5. The van der Waals surface area contributed by atoms with E-state index in [1.165, 1.54) is 0 Å². The summed E-state index contributed by atoms with van der Waals surface area (Å²) in [5, 5.41) is 6.08. The van der Waals surface area contributed by atoms with E-state index in [0.29, 0.717) is 32.7 Å². The van der Waals surface area contributed by atoms with Crippen molar-refractivity contribution in [2.24, 2.45) is 0 Å². The third-order valence-electron chi connectivity index (χ3n) is 3.21. The number of carbonyl (C=O) groups excluding carboxylic acids is 2. The molecule has 0 aromatic heterocycles. The van der Waals surface area contributed by atoms with Crippen molar-refractivity contribution in [1.82, 2.24) is 15.5 Å². The maximum atomic E-state index is 11.9. The summed E-state index contributed by atoms with van der Waals surface area (Å²) >= 11 is 0. The van der Waals surface area contributed by atoms with Gasteiger partial charge in [-0.15, -0.1) is 0 Å². The molecular formula is C11H19N3O3. The summed E-state index contributed by atoms with van der Waals surface area (Å²) in [6.45, 7) is 2.39. The minimum absolute atomic E-state index is 0.0301. The average molecular weight is 241 g/mol. The highest BCUT2D eigenvalue weighted by Gasteiger charge is 2.27. The van der Waals surface area contributed by atoms with Crippen molar-refractivity contribution in [3.8, 4) is 0 Å². The normalized spacial score (nSPS) is 30.2. The van der Waals surface area contributed by atoms with E-state index < -0.39 is 0 Å². The molecule has 0 aliphatic carbocycles. The molecule has 2 heterocycles. The lowest BCUT2D eigenvalue weighted by atomic mass is 10.1. The Hall–Kier alpha value is -1.14. The van der Waals surface area contributed by atoms with E-state index in [2.05, 4.69) is 10.6 Å². The summed E-state index contributed by atoms with van der Waals surface area (Å²) in [5.41, 5.74) is 0. The second-order valence-electron chi connectivity index (χ2n) is 4.60. The van der Waals surface area contributed by atoms with Crippen LogP contribution in [0.3, 0.4) is 0 Å². The Balaban J connectivity index is 1.80. The van der Waals surface area contributed by atoms with Crippen LogP contribution >= 0.6 is 0 Å². The summed E-state index contributed by atoms with van der Waals surface area (Å²) in [7, 11) is 1.77. The number of carbonyl (C=O) groups is 2. The number of morpholine rings is 1. The third-order valence-corrected chi connectivity index (χ3v) is 3.21. The summed E-state index contributed by atoms with van der Waals surface area (Å²) < 4.78 is 5.24. The summed E-state index contributed by atoms with van der Waals surface area (Å²) in [5.74, 6) is 0.118. The van der Waals surface area contributed by atoms with Crippen molar-refractivity contribution in [2.45, 2.75) is 24.9 Å². The third kappa shape index (κ3) is 3.17. The molecule has 2 amide bonds. The van der Waals surface area contributed by atoms with Crippen molar-refractivity contribution in [2.75, 3.05) is 33.4 Å². The first-order valence-electron chi connectivity index (χ1n) is 6.02. The zero-order chi connectivity index (χ0) is 12.3. The molecule has 2 aliphatic heterocycles. The van der Waals surface area contributed by atoms with Gasteiger partial charge in [-0.2, -0.15) is 0 Å². The Morgan fingerprint density at radius 3 is 3.06 bits per heavy atom. The lowest BCUT2D eigenvalue weighted by molar-refractivity contribution is -0.134. The Labute approximate surface area is 101 Å². The fourth-order valence-corrected chi connectivity index (χ4v) is 2.17. The molecule has 17 heavy (non-hydrogen) atoms. The molecule has 2 rings (SSSR count). The van der Waals surface area contributed by atoms with Crippen molar-refractivity contribution >= 4 is 11.8 Å². The molecule has 96 valence electrons. The van der Waals surface area contributed by atoms with Crippen LogP contribution in [0.2, 0.25) is 0 Å². The van der Waals surface area contributed by atoms with E-state index in [1.54, 1.807) is 11.9 Å². The van der Waals surface area contributed by atoms with Crippen LogP contribution in [0.25, 0.3) is 0 Å². The number of likely N-dealkylation sites (tertiary alicyclic amines) is 1. The van der Waals surface area contributed by atoms with Crippen molar-refractivity contribution in [1.29, 1.82) is 0 Å². The standard InChI is InChI=1S/C11H19N3O3/c1-14-6-8(2-3-10(14)15)13-11(16)9-7-17-5-4-12-9/h8-9,12H,2-7H2,1H3,(H,13,16). The molecule has 2 fully saturated rings. The fraction of sp³-hybridized carbons (Fsp3) is 0.818. The maximum absolute atomic E-state index is 11.9. The molecule has 2 aliphatic rings. The monoisotopic (exact) mass is 241 g/mol. The molecule has 0 radical (unpaired) electrons. The van der Waals surface area contributed by atoms with E-state index in [9.17, 15) is 9.59 Å². The topological polar surface area (TPSA) is 70.7 Å². The van der Waals surface area contributed by atoms with Crippen molar-refractivity contribution in [3.05, 3.63) is 0 Å². The largest absolute Gasteiger partial charge is 0.378 e. The lowest BCUT2D eigenvalue weighted by Gasteiger charge is -2.32. The lowest BCUT2D eigenvalue weighted by Crippen LogP contribution is -2.56. The second-order valence-corrected chi connectivity index (χ2v) is 4.60. The first-order chi connectivity index (χ1) is 8.16. The molecule has 2 N–H and O–H groups in total. The van der Waals surface area contributed by atoms with E-state index in [1.807, 2.05) is 0 Å². The summed E-state index contributed by atoms with van der Waals surface area (Å²) in [4.78, 5) is 24.9. The van der Waals surface area contributed by atoms with Gasteiger partial charge >= 0.3 is 0 Å². The molecule has 0 aromatic carbocycles. The number of nitrogens with zero attached hydrogens (tertiary/aromatic N) is 1. The SMILES string of the molecule is CN1CC(NC(=O)C2COCCN2)CCC1=O. The highest BCUT2D eigenvalue weighted by Crippen LogP contribution is 2.09. The van der Waals surface area contributed by atoms with Gasteiger partial charge in [-0.1, -0.05) is 0 Å². The molecule has 0 bridgehead atoms. The fourth-order valence-electron chi connectivity index (χ4n) is 2.17.